The minimum absolute atomic E-state index is 0.153. The quantitative estimate of drug-likeness (QED) is 0.236. The molecule has 0 fully saturated rings. The first-order valence-corrected chi connectivity index (χ1v) is 15.8. The molecule has 0 atom stereocenters. The van der Waals surface area contributed by atoms with Gasteiger partial charge in [-0.2, -0.15) is 0 Å². The van der Waals surface area contributed by atoms with Crippen molar-refractivity contribution in [1.29, 1.82) is 0 Å². The number of benzene rings is 4. The zero-order valence-electron chi connectivity index (χ0n) is 20.3. The third-order valence-corrected chi connectivity index (χ3v) is 11.7. The minimum Gasteiger partial charge on any atom is -0.227 e. The largest absolute Gasteiger partial charge is 0.269 e. The number of hydrogen-bond acceptors (Lipinski definition) is 5. The second-order valence-corrected chi connectivity index (χ2v) is 13.6. The van der Waals surface area contributed by atoms with Crippen molar-refractivity contribution in [2.24, 2.45) is 0 Å². The lowest BCUT2D eigenvalue weighted by Gasteiger charge is -2.15. The van der Waals surface area contributed by atoms with E-state index in [1.54, 1.807) is 84.9 Å². The third-order valence-electron chi connectivity index (χ3n) is 6.83. The van der Waals surface area contributed by atoms with Crippen molar-refractivity contribution in [2.45, 2.75) is 19.8 Å². The summed E-state index contributed by atoms with van der Waals surface area (Å²) in [4.78, 5) is 0.306. The van der Waals surface area contributed by atoms with Crippen molar-refractivity contribution in [3.63, 3.8) is 0 Å². The Balaban J connectivity index is 1.57. The third kappa shape index (κ3) is 3.54. The van der Waals surface area contributed by atoms with Gasteiger partial charge in [0.25, 0.3) is 20.0 Å². The fourth-order valence-electron chi connectivity index (χ4n) is 5.07. The number of hydrogen-bond donors (Lipinski definition) is 0. The summed E-state index contributed by atoms with van der Waals surface area (Å²) in [6.07, 6.45) is 3.78. The molecule has 39 heavy (non-hydrogen) atoms. The van der Waals surface area contributed by atoms with Crippen LogP contribution in [-0.2, 0) is 20.0 Å². The maximum absolute atomic E-state index is 14.1. The van der Waals surface area contributed by atoms with Crippen LogP contribution in [0.15, 0.2) is 129 Å². The van der Waals surface area contributed by atoms with E-state index < -0.39 is 20.0 Å². The molecule has 7 rings (SSSR count). The van der Waals surface area contributed by atoms with E-state index in [0.717, 1.165) is 33.7 Å². The van der Waals surface area contributed by atoms with Crippen molar-refractivity contribution in [3.05, 3.63) is 120 Å². The van der Waals surface area contributed by atoms with Crippen LogP contribution < -0.4 is 0 Å². The molecule has 0 saturated carbocycles. The van der Waals surface area contributed by atoms with Gasteiger partial charge >= 0.3 is 0 Å². The summed E-state index contributed by atoms with van der Waals surface area (Å²) in [7, 11) is -8.02. The molecular formula is C30H20N2O4S3. The summed E-state index contributed by atoms with van der Waals surface area (Å²) in [5, 5.41) is 2.40. The average Bonchev–Trinajstić information content (AvgIpc) is 3.38. The van der Waals surface area contributed by atoms with Gasteiger partial charge in [-0.25, -0.2) is 24.8 Å². The first kappa shape index (κ1) is 24.0. The Kier molecular flexibility index (Phi) is 5.38. The summed E-state index contributed by atoms with van der Waals surface area (Å²) in [6, 6.07) is 31.2. The van der Waals surface area contributed by atoms with E-state index in [9.17, 15) is 16.8 Å². The van der Waals surface area contributed by atoms with E-state index >= 15 is 0 Å². The summed E-state index contributed by atoms with van der Waals surface area (Å²) in [6.45, 7) is 0. The van der Waals surface area contributed by atoms with E-state index in [2.05, 4.69) is 0 Å². The first-order valence-electron chi connectivity index (χ1n) is 12.1. The smallest absolute Gasteiger partial charge is 0.227 e. The van der Waals surface area contributed by atoms with Crippen molar-refractivity contribution >= 4 is 65.8 Å². The van der Waals surface area contributed by atoms with Gasteiger partial charge in [-0.1, -0.05) is 96.7 Å². The predicted octanol–water partition coefficient (Wildman–Crippen LogP) is 6.71. The normalized spacial score (nSPS) is 13.3. The fourth-order valence-corrected chi connectivity index (χ4v) is 9.90. The highest BCUT2D eigenvalue weighted by Crippen LogP contribution is 2.47. The summed E-state index contributed by atoms with van der Waals surface area (Å²) in [5.74, 6) is 0. The Hall–Kier alpha value is -4.05. The van der Waals surface area contributed by atoms with E-state index in [1.165, 1.54) is 7.94 Å². The van der Waals surface area contributed by atoms with Crippen LogP contribution in [0.1, 0.15) is 11.1 Å². The van der Waals surface area contributed by atoms with Gasteiger partial charge in [-0.15, -0.1) is 0 Å². The van der Waals surface area contributed by atoms with E-state index in [1.807, 2.05) is 36.4 Å². The molecule has 6 nitrogen and oxygen atoms in total. The van der Waals surface area contributed by atoms with Gasteiger partial charge in [0, 0.05) is 21.9 Å². The Bertz CT molecular complexity index is 2010. The van der Waals surface area contributed by atoms with Crippen LogP contribution in [-0.4, -0.2) is 24.8 Å². The maximum Gasteiger partial charge on any atom is 0.269 e. The monoisotopic (exact) mass is 568 g/mol. The summed E-state index contributed by atoms with van der Waals surface area (Å²) in [5.41, 5.74) is 2.50. The van der Waals surface area contributed by atoms with Gasteiger partial charge in [-0.3, -0.25) is 0 Å². The van der Waals surface area contributed by atoms with Gasteiger partial charge in [0.2, 0.25) is 0 Å². The molecule has 0 radical (unpaired) electrons. The van der Waals surface area contributed by atoms with Crippen LogP contribution in [0, 0.1) is 0 Å². The molecule has 0 unspecified atom stereocenters. The zero-order valence-corrected chi connectivity index (χ0v) is 22.7. The molecular weight excluding hydrogens is 549 g/mol. The molecule has 3 heterocycles. The van der Waals surface area contributed by atoms with E-state index in [0.29, 0.717) is 21.1 Å². The van der Waals surface area contributed by atoms with Crippen LogP contribution in [0.2, 0.25) is 0 Å². The average molecular weight is 569 g/mol. The lowest BCUT2D eigenvalue weighted by Crippen LogP contribution is -2.16. The Morgan fingerprint density at radius 3 is 1.23 bits per heavy atom. The number of rotatable bonds is 4. The van der Waals surface area contributed by atoms with Crippen LogP contribution in [0.3, 0.4) is 0 Å². The predicted molar refractivity (Wildman–Crippen MR) is 155 cm³/mol. The van der Waals surface area contributed by atoms with Crippen molar-refractivity contribution < 1.29 is 16.8 Å². The lowest BCUT2D eigenvalue weighted by molar-refractivity contribution is 0.584. The van der Waals surface area contributed by atoms with Crippen molar-refractivity contribution in [3.8, 4) is 0 Å². The van der Waals surface area contributed by atoms with Gasteiger partial charge in [0.15, 0.2) is 0 Å². The van der Waals surface area contributed by atoms with Crippen LogP contribution in [0.4, 0.5) is 0 Å². The molecule has 0 saturated heterocycles. The zero-order chi connectivity index (χ0) is 26.8. The summed E-state index contributed by atoms with van der Waals surface area (Å²) < 4.78 is 59.0. The molecule has 1 aliphatic rings. The van der Waals surface area contributed by atoms with Crippen LogP contribution in [0.5, 0.6) is 0 Å². The summed E-state index contributed by atoms with van der Waals surface area (Å²) >= 11 is 1.16. The molecule has 1 aliphatic heterocycles. The van der Waals surface area contributed by atoms with Gasteiger partial charge in [0.05, 0.1) is 20.8 Å². The Morgan fingerprint density at radius 1 is 0.462 bits per heavy atom. The highest BCUT2D eigenvalue weighted by Gasteiger charge is 2.33. The SMILES string of the molecule is O=S(=O)(c1ccccc1)n1c2c(c3ccccc31)C=Cc1c(n(S(=O)(=O)c3ccccc3)c3ccccc13)S2. The highest BCUT2D eigenvalue weighted by molar-refractivity contribution is 8.01. The lowest BCUT2D eigenvalue weighted by atomic mass is 10.1. The molecule has 2 aromatic heterocycles. The van der Waals surface area contributed by atoms with Crippen molar-refractivity contribution in [2.75, 3.05) is 0 Å². The molecule has 0 amide bonds. The van der Waals surface area contributed by atoms with Gasteiger partial charge < -0.3 is 0 Å². The molecule has 192 valence electrons. The molecule has 0 aliphatic carbocycles. The molecule has 0 spiro atoms. The number of aromatic nitrogens is 2. The van der Waals surface area contributed by atoms with Crippen LogP contribution >= 0.6 is 11.8 Å². The number of para-hydroxylation sites is 2. The molecule has 9 heteroatoms. The molecule has 0 bridgehead atoms. The minimum atomic E-state index is -4.01. The number of nitrogens with zero attached hydrogens (tertiary/aromatic N) is 2. The van der Waals surface area contributed by atoms with Gasteiger partial charge in [-0.05, 0) is 36.4 Å². The Labute approximate surface area is 229 Å². The van der Waals surface area contributed by atoms with Crippen LogP contribution in [0.25, 0.3) is 34.0 Å². The number of fused-ring (bicyclic) bond motifs is 6. The maximum atomic E-state index is 14.1. The molecule has 4 aromatic carbocycles. The van der Waals surface area contributed by atoms with E-state index in [-0.39, 0.29) is 9.79 Å². The van der Waals surface area contributed by atoms with Crippen molar-refractivity contribution in [1.82, 2.24) is 7.94 Å². The fraction of sp³-hybridized carbons (Fsp3) is 0. The first-order chi connectivity index (χ1) is 18.9. The second kappa shape index (κ2) is 8.74. The highest BCUT2D eigenvalue weighted by atomic mass is 32.2. The standard InChI is InChI=1S/C30H20N2O4S3/c33-38(34,21-11-3-1-4-12-21)31-27-17-9-7-15-23(27)25-19-20-26-24-16-8-10-18-28(24)32(30(26)37-29(25)31)39(35,36)22-13-5-2-6-14-22/h1-20H. The Morgan fingerprint density at radius 2 is 0.821 bits per heavy atom. The molecule has 0 N–H and O–H groups in total. The molecule has 6 aromatic rings. The topological polar surface area (TPSA) is 78.1 Å². The van der Waals surface area contributed by atoms with Gasteiger partial charge in [0.1, 0.15) is 10.1 Å². The second-order valence-electron chi connectivity index (χ2n) is 9.07. The van der Waals surface area contributed by atoms with E-state index in [4.69, 9.17) is 0 Å².